The van der Waals surface area contributed by atoms with Crippen molar-refractivity contribution in [1.29, 1.82) is 0 Å². The number of fused-ring (bicyclic) bond motifs is 1. The Morgan fingerprint density at radius 1 is 1.09 bits per heavy atom. The van der Waals surface area contributed by atoms with Crippen LogP contribution in [0.25, 0.3) is 11.2 Å². The lowest BCUT2D eigenvalue weighted by atomic mass is 10.1. The summed E-state index contributed by atoms with van der Waals surface area (Å²) in [7, 11) is 0. The van der Waals surface area contributed by atoms with Gasteiger partial charge in [-0.25, -0.2) is 14.2 Å². The Kier molecular flexibility index (Phi) is 5.97. The van der Waals surface area contributed by atoms with Crippen LogP contribution in [0.5, 0.6) is 0 Å². The number of carbonyl (C=O) groups is 3. The number of pyridine rings is 1. The second-order valence-corrected chi connectivity index (χ2v) is 7.48. The molecule has 1 aliphatic heterocycles. The second kappa shape index (κ2) is 9.00. The van der Waals surface area contributed by atoms with Gasteiger partial charge in [-0.3, -0.25) is 19.4 Å². The zero-order chi connectivity index (χ0) is 22.7. The molecule has 32 heavy (non-hydrogen) atoms. The normalized spacial score (nSPS) is 14.1. The Morgan fingerprint density at radius 3 is 2.72 bits per heavy atom. The number of piperazine rings is 1. The van der Waals surface area contributed by atoms with Gasteiger partial charge in [0.15, 0.2) is 5.65 Å². The lowest BCUT2D eigenvalue weighted by molar-refractivity contribution is -0.146. The highest BCUT2D eigenvalue weighted by Gasteiger charge is 2.27. The summed E-state index contributed by atoms with van der Waals surface area (Å²) < 4.78 is 13.3. The van der Waals surface area contributed by atoms with Crippen LogP contribution in [0.15, 0.2) is 41.2 Å². The molecule has 166 valence electrons. The van der Waals surface area contributed by atoms with Crippen molar-refractivity contribution in [2.45, 2.75) is 19.4 Å². The van der Waals surface area contributed by atoms with Crippen LogP contribution in [0.2, 0.25) is 0 Å². The number of hydrogen-bond donors (Lipinski definition) is 3. The van der Waals surface area contributed by atoms with Crippen molar-refractivity contribution in [1.82, 2.24) is 24.8 Å². The highest BCUT2D eigenvalue weighted by atomic mass is 19.1. The van der Waals surface area contributed by atoms with Gasteiger partial charge in [-0.2, -0.15) is 0 Å². The van der Waals surface area contributed by atoms with E-state index in [0.29, 0.717) is 29.8 Å². The molecule has 3 heterocycles. The third-order valence-corrected chi connectivity index (χ3v) is 5.14. The second-order valence-electron chi connectivity index (χ2n) is 7.48. The van der Waals surface area contributed by atoms with Crippen molar-refractivity contribution < 1.29 is 18.8 Å². The molecule has 11 heteroatoms. The quantitative estimate of drug-likeness (QED) is 0.526. The zero-order valence-electron chi connectivity index (χ0n) is 17.1. The number of nitrogens with one attached hydrogen (secondary N) is 3. The number of hydrogen-bond acceptors (Lipinski definition) is 5. The van der Waals surface area contributed by atoms with E-state index in [2.05, 4.69) is 20.3 Å². The van der Waals surface area contributed by atoms with Crippen LogP contribution in [0.3, 0.4) is 0 Å². The topological polar surface area (TPSA) is 131 Å². The van der Waals surface area contributed by atoms with Gasteiger partial charge >= 0.3 is 5.69 Å². The maximum Gasteiger partial charge on any atom is 0.325 e. The first-order valence-electron chi connectivity index (χ1n) is 10.1. The Bertz CT molecular complexity index is 1240. The summed E-state index contributed by atoms with van der Waals surface area (Å²) in [4.78, 5) is 60.5. The summed E-state index contributed by atoms with van der Waals surface area (Å²) in [5.74, 6) is -1.03. The molecule has 1 fully saturated rings. The van der Waals surface area contributed by atoms with E-state index in [1.54, 1.807) is 29.2 Å². The maximum atomic E-state index is 13.3. The predicted molar refractivity (Wildman–Crippen MR) is 113 cm³/mol. The van der Waals surface area contributed by atoms with Crippen molar-refractivity contribution in [3.05, 3.63) is 58.3 Å². The van der Waals surface area contributed by atoms with E-state index >= 15 is 0 Å². The molecule has 3 amide bonds. The number of carbonyl (C=O) groups excluding carboxylic acids is 3. The number of amides is 3. The number of benzene rings is 1. The van der Waals surface area contributed by atoms with E-state index in [4.69, 9.17) is 0 Å². The van der Waals surface area contributed by atoms with Gasteiger partial charge in [-0.1, -0.05) is 12.1 Å². The first kappa shape index (κ1) is 21.2. The minimum Gasteiger partial charge on any atom is -0.335 e. The summed E-state index contributed by atoms with van der Waals surface area (Å²) in [6, 6.07) is 9.20. The van der Waals surface area contributed by atoms with Crippen LogP contribution in [-0.2, 0) is 20.9 Å². The molecule has 1 aliphatic rings. The van der Waals surface area contributed by atoms with E-state index in [0.717, 1.165) is 0 Å². The fourth-order valence-corrected chi connectivity index (χ4v) is 3.51. The highest BCUT2D eigenvalue weighted by Crippen LogP contribution is 2.13. The molecule has 0 bridgehead atoms. The van der Waals surface area contributed by atoms with Crippen LogP contribution < -0.4 is 11.0 Å². The molecular weight excluding hydrogens is 419 g/mol. The fourth-order valence-electron chi connectivity index (χ4n) is 3.51. The maximum absolute atomic E-state index is 13.3. The fraction of sp³-hybridized carbons (Fsp3) is 0.286. The number of aromatic nitrogens is 3. The number of rotatable bonds is 6. The average molecular weight is 440 g/mol. The van der Waals surface area contributed by atoms with Gasteiger partial charge in [0.05, 0.1) is 12.1 Å². The van der Waals surface area contributed by atoms with Crippen molar-refractivity contribution in [2.75, 3.05) is 25.0 Å². The van der Waals surface area contributed by atoms with Gasteiger partial charge in [0.2, 0.25) is 17.7 Å². The first-order chi connectivity index (χ1) is 15.4. The Hall–Kier alpha value is -4.02. The minimum absolute atomic E-state index is 0.0494. The number of H-pyrrole nitrogens is 2. The van der Waals surface area contributed by atoms with Gasteiger partial charge in [0.1, 0.15) is 11.6 Å². The molecule has 0 saturated carbocycles. The molecule has 3 N–H and O–H groups in total. The molecule has 3 aromatic rings. The molecule has 0 atom stereocenters. The number of anilines is 1. The van der Waals surface area contributed by atoms with Crippen molar-refractivity contribution in [2.24, 2.45) is 0 Å². The number of halogens is 1. The molecule has 0 spiro atoms. The van der Waals surface area contributed by atoms with Crippen LogP contribution in [0, 0.1) is 5.82 Å². The summed E-state index contributed by atoms with van der Waals surface area (Å²) in [5.41, 5.74) is 1.13. The van der Waals surface area contributed by atoms with Crippen LogP contribution in [-0.4, -0.2) is 62.1 Å². The Balaban J connectivity index is 1.25. The molecule has 10 nitrogen and oxygen atoms in total. The van der Waals surface area contributed by atoms with Gasteiger partial charge in [0, 0.05) is 32.5 Å². The molecular formula is C21H21FN6O4. The van der Waals surface area contributed by atoms with E-state index in [-0.39, 0.29) is 49.4 Å². The monoisotopic (exact) mass is 440 g/mol. The molecule has 1 saturated heterocycles. The first-order valence-corrected chi connectivity index (χ1v) is 10.1. The smallest absolute Gasteiger partial charge is 0.325 e. The highest BCUT2D eigenvalue weighted by molar-refractivity contribution is 5.94. The number of imidazole rings is 1. The summed E-state index contributed by atoms with van der Waals surface area (Å²) >= 11 is 0. The SMILES string of the molecule is O=C(CCC(=O)N1CCN(Cc2cccc(F)c2)C(=O)C1)Nc1ccc2[nH]c(=O)[nH]c2n1. The zero-order valence-corrected chi connectivity index (χ0v) is 17.1. The summed E-state index contributed by atoms with van der Waals surface area (Å²) in [6.07, 6.45) is -0.119. The standard InChI is InChI=1S/C21H21FN6O4/c22-14-3-1-2-13(10-14)11-27-8-9-28(12-19(27)31)18(30)7-6-17(29)24-16-5-4-15-20(25-16)26-21(32)23-15/h1-5,10H,6-9,11-12H2,(H3,23,24,25,26,29,32). The van der Waals surface area contributed by atoms with Crippen molar-refractivity contribution in [3.8, 4) is 0 Å². The molecule has 0 unspecified atom stereocenters. The van der Waals surface area contributed by atoms with Gasteiger partial charge in [-0.05, 0) is 29.8 Å². The lowest BCUT2D eigenvalue weighted by Gasteiger charge is -2.34. The number of nitrogens with zero attached hydrogens (tertiary/aromatic N) is 3. The molecule has 1 aromatic carbocycles. The molecule has 0 aliphatic carbocycles. The molecule has 0 radical (unpaired) electrons. The number of aromatic amines is 2. The molecule has 4 rings (SSSR count). The van der Waals surface area contributed by atoms with Gasteiger partial charge in [0.25, 0.3) is 0 Å². The van der Waals surface area contributed by atoms with E-state index < -0.39 is 11.6 Å². The van der Waals surface area contributed by atoms with Gasteiger partial charge in [-0.15, -0.1) is 0 Å². The Labute approximate surface area is 181 Å². The largest absolute Gasteiger partial charge is 0.335 e. The summed E-state index contributed by atoms with van der Waals surface area (Å²) in [6.45, 7) is 0.895. The van der Waals surface area contributed by atoms with Crippen LogP contribution in [0.1, 0.15) is 18.4 Å². The van der Waals surface area contributed by atoms with E-state index in [9.17, 15) is 23.6 Å². The summed E-state index contributed by atoms with van der Waals surface area (Å²) in [5, 5.41) is 2.59. The van der Waals surface area contributed by atoms with Crippen LogP contribution >= 0.6 is 0 Å². The predicted octanol–water partition coefficient (Wildman–Crippen LogP) is 0.980. The van der Waals surface area contributed by atoms with E-state index in [1.807, 2.05) is 0 Å². The third-order valence-electron chi connectivity index (χ3n) is 5.14. The molecule has 2 aromatic heterocycles. The van der Waals surface area contributed by atoms with Crippen molar-refractivity contribution in [3.63, 3.8) is 0 Å². The third kappa shape index (κ3) is 4.99. The Morgan fingerprint density at radius 2 is 1.94 bits per heavy atom. The van der Waals surface area contributed by atoms with Crippen LogP contribution in [0.4, 0.5) is 10.2 Å². The average Bonchev–Trinajstić information content (AvgIpc) is 3.13. The van der Waals surface area contributed by atoms with Crippen molar-refractivity contribution >= 4 is 34.7 Å². The van der Waals surface area contributed by atoms with Gasteiger partial charge < -0.3 is 20.1 Å². The van der Waals surface area contributed by atoms with E-state index in [1.165, 1.54) is 17.0 Å². The lowest BCUT2D eigenvalue weighted by Crippen LogP contribution is -2.51. The minimum atomic E-state index is -0.404.